The molecule has 0 aliphatic rings. The fraction of sp³-hybridized carbons (Fsp3) is 0.100. The van der Waals surface area contributed by atoms with Crippen LogP contribution < -0.4 is 10.5 Å². The third-order valence-electron chi connectivity index (χ3n) is 2.25. The van der Waals surface area contributed by atoms with E-state index in [2.05, 4.69) is 14.9 Å². The molecular formula is C10H12N4O2S. The van der Waals surface area contributed by atoms with E-state index in [9.17, 15) is 8.42 Å². The van der Waals surface area contributed by atoms with Crippen molar-refractivity contribution in [1.82, 2.24) is 10.2 Å². The Balaban J connectivity index is 2.41. The van der Waals surface area contributed by atoms with Gasteiger partial charge in [0.1, 0.15) is 5.82 Å². The molecule has 6 nitrogen and oxygen atoms in total. The fourth-order valence-corrected chi connectivity index (χ4v) is 2.71. The first-order chi connectivity index (χ1) is 7.99. The summed E-state index contributed by atoms with van der Waals surface area (Å²) in [7, 11) is -3.64. The summed E-state index contributed by atoms with van der Waals surface area (Å²) in [6.07, 6.45) is 1.46. The molecule has 0 radical (unpaired) electrons. The van der Waals surface area contributed by atoms with Crippen molar-refractivity contribution in [3.63, 3.8) is 0 Å². The van der Waals surface area contributed by atoms with Crippen molar-refractivity contribution < 1.29 is 8.42 Å². The van der Waals surface area contributed by atoms with Gasteiger partial charge >= 0.3 is 0 Å². The van der Waals surface area contributed by atoms with Gasteiger partial charge in [-0.1, -0.05) is 6.07 Å². The minimum Gasteiger partial charge on any atom is -0.399 e. The summed E-state index contributed by atoms with van der Waals surface area (Å²) in [5.74, 6) is 0.312. The molecule has 1 heterocycles. The van der Waals surface area contributed by atoms with Crippen LogP contribution in [0.1, 0.15) is 5.56 Å². The van der Waals surface area contributed by atoms with Gasteiger partial charge in [-0.05, 0) is 24.6 Å². The molecule has 0 aliphatic heterocycles. The van der Waals surface area contributed by atoms with E-state index in [1.807, 2.05) is 0 Å². The van der Waals surface area contributed by atoms with Crippen molar-refractivity contribution in [1.29, 1.82) is 0 Å². The van der Waals surface area contributed by atoms with Crippen LogP contribution in [0.3, 0.4) is 0 Å². The maximum Gasteiger partial charge on any atom is 0.263 e. The van der Waals surface area contributed by atoms with E-state index in [1.54, 1.807) is 19.1 Å². The van der Waals surface area contributed by atoms with E-state index < -0.39 is 10.0 Å². The highest BCUT2D eigenvalue weighted by molar-refractivity contribution is 7.92. The molecule has 17 heavy (non-hydrogen) atoms. The average Bonchev–Trinajstić information content (AvgIpc) is 2.73. The molecule has 0 unspecified atom stereocenters. The van der Waals surface area contributed by atoms with E-state index in [-0.39, 0.29) is 4.90 Å². The van der Waals surface area contributed by atoms with E-state index >= 15 is 0 Å². The van der Waals surface area contributed by atoms with Crippen LogP contribution in [0.25, 0.3) is 0 Å². The highest BCUT2D eigenvalue weighted by Crippen LogP contribution is 2.20. The van der Waals surface area contributed by atoms with Crippen molar-refractivity contribution in [3.05, 3.63) is 36.0 Å². The normalized spacial score (nSPS) is 11.4. The average molecular weight is 252 g/mol. The van der Waals surface area contributed by atoms with Crippen LogP contribution in [0.4, 0.5) is 11.5 Å². The van der Waals surface area contributed by atoms with Crippen LogP contribution >= 0.6 is 0 Å². The van der Waals surface area contributed by atoms with Gasteiger partial charge in [0.25, 0.3) is 10.0 Å². The minimum absolute atomic E-state index is 0.159. The molecule has 2 aromatic rings. The lowest BCUT2D eigenvalue weighted by Gasteiger charge is -2.09. The molecule has 1 aromatic carbocycles. The first-order valence-electron chi connectivity index (χ1n) is 4.87. The third kappa shape index (κ3) is 2.39. The first kappa shape index (κ1) is 11.5. The summed E-state index contributed by atoms with van der Waals surface area (Å²) >= 11 is 0. The lowest BCUT2D eigenvalue weighted by atomic mass is 10.2. The van der Waals surface area contributed by atoms with Crippen molar-refractivity contribution in [3.8, 4) is 0 Å². The molecule has 0 fully saturated rings. The Hall–Kier alpha value is -2.02. The zero-order valence-corrected chi connectivity index (χ0v) is 9.95. The van der Waals surface area contributed by atoms with Crippen LogP contribution in [-0.2, 0) is 10.0 Å². The van der Waals surface area contributed by atoms with Crippen molar-refractivity contribution >= 4 is 21.5 Å². The number of nitrogens with two attached hydrogens (primary N) is 1. The molecular weight excluding hydrogens is 240 g/mol. The fourth-order valence-electron chi connectivity index (χ4n) is 1.42. The van der Waals surface area contributed by atoms with Crippen LogP contribution in [0.15, 0.2) is 35.4 Å². The van der Waals surface area contributed by atoms with Crippen molar-refractivity contribution in [2.75, 3.05) is 10.5 Å². The largest absolute Gasteiger partial charge is 0.399 e. The number of hydrogen-bond acceptors (Lipinski definition) is 4. The first-order valence-corrected chi connectivity index (χ1v) is 6.36. The molecule has 90 valence electrons. The number of nitrogens with zero attached hydrogens (tertiary/aromatic N) is 1. The molecule has 4 N–H and O–H groups in total. The molecule has 0 amide bonds. The monoisotopic (exact) mass is 252 g/mol. The summed E-state index contributed by atoms with van der Waals surface area (Å²) in [5, 5.41) is 6.19. The molecule has 1 aromatic heterocycles. The van der Waals surface area contributed by atoms with Crippen LogP contribution in [0.2, 0.25) is 0 Å². The Morgan fingerprint density at radius 2 is 2.12 bits per heavy atom. The summed E-state index contributed by atoms with van der Waals surface area (Å²) in [6.45, 7) is 1.71. The molecule has 0 saturated carbocycles. The zero-order valence-electron chi connectivity index (χ0n) is 9.14. The third-order valence-corrected chi connectivity index (χ3v) is 3.75. The van der Waals surface area contributed by atoms with Gasteiger partial charge in [0.2, 0.25) is 0 Å². The standard InChI is InChI=1S/C10H12N4O2S/c1-7-2-3-8(11)6-9(7)17(15,16)14-10-4-5-12-13-10/h2-6H,11H2,1H3,(H2,12,13,14). The lowest BCUT2D eigenvalue weighted by molar-refractivity contribution is 0.600. The van der Waals surface area contributed by atoms with Gasteiger partial charge in [0.15, 0.2) is 0 Å². The number of anilines is 2. The van der Waals surface area contributed by atoms with Gasteiger partial charge in [-0.25, -0.2) is 8.42 Å². The second-order valence-corrected chi connectivity index (χ2v) is 5.25. The molecule has 0 spiro atoms. The number of nitrogen functional groups attached to an aromatic ring is 1. The topological polar surface area (TPSA) is 101 Å². The van der Waals surface area contributed by atoms with Gasteiger partial charge < -0.3 is 5.73 Å². The number of rotatable bonds is 3. The molecule has 2 rings (SSSR count). The number of H-pyrrole nitrogens is 1. The van der Waals surface area contributed by atoms with Gasteiger partial charge in [0.05, 0.1) is 11.1 Å². The number of aryl methyl sites for hydroxylation is 1. The number of nitrogens with one attached hydrogen (secondary N) is 2. The van der Waals surface area contributed by atoms with E-state index in [0.717, 1.165) is 0 Å². The predicted molar refractivity (Wildman–Crippen MR) is 65.0 cm³/mol. The Morgan fingerprint density at radius 1 is 1.35 bits per heavy atom. The Labute approximate surface area is 98.9 Å². The quantitative estimate of drug-likeness (QED) is 0.712. The summed E-state index contributed by atoms with van der Waals surface area (Å²) in [5.41, 5.74) is 6.62. The SMILES string of the molecule is Cc1ccc(N)cc1S(=O)(=O)Nc1ccn[nH]1. The van der Waals surface area contributed by atoms with E-state index in [0.29, 0.717) is 17.1 Å². The van der Waals surface area contributed by atoms with Gasteiger partial charge in [-0.2, -0.15) is 5.10 Å². The summed E-state index contributed by atoms with van der Waals surface area (Å²) < 4.78 is 26.5. The van der Waals surface area contributed by atoms with E-state index in [4.69, 9.17) is 5.73 Å². The maximum absolute atomic E-state index is 12.1. The maximum atomic E-state index is 12.1. The van der Waals surface area contributed by atoms with Gasteiger partial charge in [0, 0.05) is 11.8 Å². The van der Waals surface area contributed by atoms with E-state index in [1.165, 1.54) is 18.3 Å². The number of aromatic nitrogens is 2. The smallest absolute Gasteiger partial charge is 0.263 e. The minimum atomic E-state index is -3.64. The van der Waals surface area contributed by atoms with Gasteiger partial charge in [-0.3, -0.25) is 9.82 Å². The van der Waals surface area contributed by atoms with Crippen molar-refractivity contribution in [2.24, 2.45) is 0 Å². The Bertz CT molecular complexity index is 620. The molecule has 0 aliphatic carbocycles. The summed E-state index contributed by atoms with van der Waals surface area (Å²) in [4.78, 5) is 0.159. The number of aromatic amines is 1. The van der Waals surface area contributed by atoms with Crippen LogP contribution in [0.5, 0.6) is 0 Å². The lowest BCUT2D eigenvalue weighted by Crippen LogP contribution is -2.14. The molecule has 0 bridgehead atoms. The van der Waals surface area contributed by atoms with Gasteiger partial charge in [-0.15, -0.1) is 0 Å². The molecule has 7 heteroatoms. The number of sulfonamides is 1. The van der Waals surface area contributed by atoms with Crippen molar-refractivity contribution in [2.45, 2.75) is 11.8 Å². The zero-order chi connectivity index (χ0) is 12.5. The number of benzene rings is 1. The number of hydrogen-bond donors (Lipinski definition) is 3. The van der Waals surface area contributed by atoms with Crippen LogP contribution in [-0.4, -0.2) is 18.6 Å². The molecule has 0 saturated heterocycles. The Morgan fingerprint density at radius 3 is 2.76 bits per heavy atom. The second kappa shape index (κ2) is 4.10. The highest BCUT2D eigenvalue weighted by atomic mass is 32.2. The predicted octanol–water partition coefficient (Wildman–Crippen LogP) is 1.10. The highest BCUT2D eigenvalue weighted by Gasteiger charge is 2.17. The molecule has 0 atom stereocenters. The second-order valence-electron chi connectivity index (χ2n) is 3.60. The van der Waals surface area contributed by atoms with Crippen LogP contribution in [0, 0.1) is 6.92 Å². The Kier molecular flexibility index (Phi) is 2.76. The summed E-state index contributed by atoms with van der Waals surface area (Å²) in [6, 6.07) is 6.27.